The van der Waals surface area contributed by atoms with Gasteiger partial charge in [0.05, 0.1) is 6.61 Å². The monoisotopic (exact) mass is 506 g/mol. The van der Waals surface area contributed by atoms with Gasteiger partial charge in [0, 0.05) is 17.2 Å². The number of ether oxygens (including phenoxy) is 1. The first-order valence-electron chi connectivity index (χ1n) is 13.7. The molecule has 4 heteroatoms. The minimum atomic E-state index is -0.739. The largest absolute Gasteiger partial charge is 0.494 e. The van der Waals surface area contributed by atoms with Gasteiger partial charge in [-0.1, -0.05) is 75.1 Å². The lowest BCUT2D eigenvalue weighted by Gasteiger charge is -2.22. The molecule has 0 aromatic heterocycles. The molecule has 1 unspecified atom stereocenters. The molecule has 196 valence electrons. The zero-order valence-electron chi connectivity index (χ0n) is 22.0. The second-order valence-electron chi connectivity index (χ2n) is 10.0. The predicted molar refractivity (Wildman–Crippen MR) is 146 cm³/mol. The van der Waals surface area contributed by atoms with Gasteiger partial charge in [-0.15, -0.1) is 0 Å². The van der Waals surface area contributed by atoms with Gasteiger partial charge in [-0.05, 0) is 79.3 Å². The van der Waals surface area contributed by atoms with Gasteiger partial charge in [0.25, 0.3) is 0 Å². The van der Waals surface area contributed by atoms with Crippen molar-refractivity contribution >= 4 is 5.57 Å². The summed E-state index contributed by atoms with van der Waals surface area (Å²) in [7, 11) is 0. The normalized spacial score (nSPS) is 15.5. The summed E-state index contributed by atoms with van der Waals surface area (Å²) in [5.74, 6) is -0.630. The average Bonchev–Trinajstić information content (AvgIpc) is 2.91. The summed E-state index contributed by atoms with van der Waals surface area (Å²) >= 11 is 0. The van der Waals surface area contributed by atoms with Crippen molar-refractivity contribution in [3.8, 4) is 16.9 Å². The van der Waals surface area contributed by atoms with E-state index in [1.807, 2.05) is 31.2 Å². The topological polar surface area (TPSA) is 9.23 Å². The Morgan fingerprint density at radius 1 is 0.838 bits per heavy atom. The lowest BCUT2D eigenvalue weighted by molar-refractivity contribution is 0.338. The molecule has 3 aromatic rings. The summed E-state index contributed by atoms with van der Waals surface area (Å²) in [5, 5.41) is 0. The van der Waals surface area contributed by atoms with Crippen LogP contribution in [-0.4, -0.2) is 6.61 Å². The number of hydrogen-bond acceptors (Lipinski definition) is 1. The van der Waals surface area contributed by atoms with Crippen molar-refractivity contribution in [2.75, 3.05) is 6.61 Å². The molecule has 0 fully saturated rings. The Bertz CT molecular complexity index is 1210. The highest BCUT2D eigenvalue weighted by molar-refractivity contribution is 5.67. The number of rotatable bonds is 11. The molecule has 0 spiro atoms. The maximum Gasteiger partial charge on any atom is 0.166 e. The molecule has 1 aliphatic rings. The molecule has 3 aromatic carbocycles. The van der Waals surface area contributed by atoms with Crippen LogP contribution in [0.2, 0.25) is 0 Å². The number of aryl methyl sites for hydroxylation is 2. The maximum absolute atomic E-state index is 15.0. The number of unbranched alkanes of at least 4 members (excludes halogenated alkanes) is 2. The van der Waals surface area contributed by atoms with Crippen molar-refractivity contribution < 1.29 is 17.9 Å². The van der Waals surface area contributed by atoms with E-state index in [0.717, 1.165) is 36.0 Å². The fourth-order valence-electron chi connectivity index (χ4n) is 5.23. The van der Waals surface area contributed by atoms with Crippen molar-refractivity contribution in [2.45, 2.75) is 71.6 Å². The molecule has 0 saturated heterocycles. The molecule has 0 radical (unpaired) electrons. The van der Waals surface area contributed by atoms with Crippen molar-refractivity contribution in [1.29, 1.82) is 0 Å². The van der Waals surface area contributed by atoms with Crippen LogP contribution in [0.4, 0.5) is 13.2 Å². The van der Waals surface area contributed by atoms with E-state index in [9.17, 15) is 8.78 Å². The summed E-state index contributed by atoms with van der Waals surface area (Å²) in [6, 6.07) is 15.9. The zero-order valence-corrected chi connectivity index (χ0v) is 22.0. The summed E-state index contributed by atoms with van der Waals surface area (Å²) < 4.78 is 49.8. The highest BCUT2D eigenvalue weighted by Gasteiger charge is 2.20. The van der Waals surface area contributed by atoms with E-state index in [-0.39, 0.29) is 5.82 Å². The molecule has 0 aliphatic heterocycles. The SMILES string of the molecule is CCCCCC1CC=C(c2ccc(CCc3ccc(-c4ccc(OCC)cc4F)cc3)c(F)c2F)CC1. The maximum atomic E-state index is 15.0. The van der Waals surface area contributed by atoms with Crippen LogP contribution < -0.4 is 4.74 Å². The first-order chi connectivity index (χ1) is 18.0. The van der Waals surface area contributed by atoms with Gasteiger partial charge in [0.15, 0.2) is 11.6 Å². The molecule has 0 amide bonds. The van der Waals surface area contributed by atoms with Gasteiger partial charge in [0.2, 0.25) is 0 Å². The van der Waals surface area contributed by atoms with Gasteiger partial charge in [-0.2, -0.15) is 0 Å². The van der Waals surface area contributed by atoms with Gasteiger partial charge in [0.1, 0.15) is 11.6 Å². The van der Waals surface area contributed by atoms with Crippen molar-refractivity contribution in [2.24, 2.45) is 5.92 Å². The smallest absolute Gasteiger partial charge is 0.166 e. The van der Waals surface area contributed by atoms with Crippen LogP contribution in [0.15, 0.2) is 60.7 Å². The number of halogens is 3. The first-order valence-corrected chi connectivity index (χ1v) is 13.7. The van der Waals surface area contributed by atoms with Crippen LogP contribution >= 0.6 is 0 Å². The van der Waals surface area contributed by atoms with Crippen molar-refractivity contribution in [1.82, 2.24) is 0 Å². The quantitative estimate of drug-likeness (QED) is 0.235. The van der Waals surface area contributed by atoms with Crippen LogP contribution in [0.1, 0.15) is 75.5 Å². The molecule has 0 N–H and O–H groups in total. The van der Waals surface area contributed by atoms with E-state index in [1.165, 1.54) is 31.7 Å². The van der Waals surface area contributed by atoms with Gasteiger partial charge < -0.3 is 4.74 Å². The van der Waals surface area contributed by atoms with Crippen LogP contribution in [0.25, 0.3) is 16.7 Å². The fraction of sp³-hybridized carbons (Fsp3) is 0.394. The predicted octanol–water partition coefficient (Wildman–Crippen LogP) is 9.72. The molecule has 1 atom stereocenters. The summed E-state index contributed by atoms with van der Waals surface area (Å²) in [5.41, 5.74) is 3.99. The van der Waals surface area contributed by atoms with Gasteiger partial charge in [-0.3, -0.25) is 0 Å². The number of hydrogen-bond donors (Lipinski definition) is 0. The fourth-order valence-corrected chi connectivity index (χ4v) is 5.23. The number of benzene rings is 3. The van der Waals surface area contributed by atoms with E-state index < -0.39 is 11.6 Å². The van der Waals surface area contributed by atoms with Crippen LogP contribution in [0.3, 0.4) is 0 Å². The van der Waals surface area contributed by atoms with Crippen LogP contribution in [0.5, 0.6) is 5.75 Å². The van der Waals surface area contributed by atoms with Crippen molar-refractivity contribution in [3.05, 3.63) is 94.8 Å². The minimum Gasteiger partial charge on any atom is -0.494 e. The molecule has 4 rings (SSSR count). The molecule has 1 aliphatic carbocycles. The lowest BCUT2D eigenvalue weighted by atomic mass is 9.83. The summed E-state index contributed by atoms with van der Waals surface area (Å²) in [6.07, 6.45) is 10.9. The highest BCUT2D eigenvalue weighted by Crippen LogP contribution is 2.35. The first kappa shape index (κ1) is 27.0. The Labute approximate surface area is 219 Å². The molecule has 1 nitrogen and oxygen atoms in total. The lowest BCUT2D eigenvalue weighted by Crippen LogP contribution is -2.08. The van der Waals surface area contributed by atoms with Gasteiger partial charge in [-0.25, -0.2) is 13.2 Å². The third kappa shape index (κ3) is 6.85. The second kappa shape index (κ2) is 13.0. The Morgan fingerprint density at radius 3 is 2.30 bits per heavy atom. The van der Waals surface area contributed by atoms with Crippen molar-refractivity contribution in [3.63, 3.8) is 0 Å². The Morgan fingerprint density at radius 2 is 1.62 bits per heavy atom. The van der Waals surface area contributed by atoms with Crippen LogP contribution in [-0.2, 0) is 12.8 Å². The summed E-state index contributed by atoms with van der Waals surface area (Å²) in [6.45, 7) is 4.55. The second-order valence-corrected chi connectivity index (χ2v) is 10.0. The third-order valence-corrected chi connectivity index (χ3v) is 7.44. The van der Waals surface area contributed by atoms with E-state index in [4.69, 9.17) is 4.74 Å². The molecule has 37 heavy (non-hydrogen) atoms. The molecular formula is C33H37F3O. The Hall–Kier alpha value is -3.01. The van der Waals surface area contributed by atoms with E-state index in [2.05, 4.69) is 13.0 Å². The summed E-state index contributed by atoms with van der Waals surface area (Å²) in [4.78, 5) is 0. The third-order valence-electron chi connectivity index (χ3n) is 7.44. The van der Waals surface area contributed by atoms with Gasteiger partial charge >= 0.3 is 0 Å². The van der Waals surface area contributed by atoms with E-state index >= 15 is 4.39 Å². The molecule has 0 heterocycles. The standard InChI is InChI=1S/C33H37F3O/c1-3-5-6-7-23-8-15-26(16-9-23)30-20-18-27(32(35)33(30)36)17-12-24-10-13-25(14-11-24)29-21-19-28(37-4-2)22-31(29)34/h10-11,13-15,18-23H,3-9,12,16-17H2,1-2H3. The zero-order chi connectivity index (χ0) is 26.2. The average molecular weight is 507 g/mol. The van der Waals surface area contributed by atoms with Crippen LogP contribution in [0, 0.1) is 23.4 Å². The number of allylic oxidation sites excluding steroid dienone is 2. The molecular weight excluding hydrogens is 469 g/mol. The molecule has 0 saturated carbocycles. The Kier molecular flexibility index (Phi) is 9.49. The minimum absolute atomic E-state index is 0.337. The van der Waals surface area contributed by atoms with E-state index in [1.54, 1.807) is 24.3 Å². The molecule has 0 bridgehead atoms. The Balaban J connectivity index is 1.38. The highest BCUT2D eigenvalue weighted by atomic mass is 19.2. The van der Waals surface area contributed by atoms with E-state index in [0.29, 0.717) is 47.8 Å².